The van der Waals surface area contributed by atoms with Crippen molar-refractivity contribution in [3.8, 4) is 11.5 Å². The molecule has 0 saturated carbocycles. The first kappa shape index (κ1) is 15.1. The molecule has 0 spiro atoms. The van der Waals surface area contributed by atoms with Gasteiger partial charge in [-0.15, -0.1) is 0 Å². The third-order valence-electron chi connectivity index (χ3n) is 3.44. The average Bonchev–Trinajstić information content (AvgIpc) is 3.32. The largest absolute Gasteiger partial charge is 0.461 e. The van der Waals surface area contributed by atoms with Crippen LogP contribution < -0.4 is 5.32 Å². The van der Waals surface area contributed by atoms with Crippen LogP contribution in [-0.4, -0.2) is 27.2 Å². The van der Waals surface area contributed by atoms with E-state index in [1.165, 1.54) is 0 Å². The fourth-order valence-electron chi connectivity index (χ4n) is 2.22. The monoisotopic (exact) mass is 314 g/mol. The minimum Gasteiger partial charge on any atom is -0.461 e. The zero-order valence-corrected chi connectivity index (χ0v) is 12.6. The van der Waals surface area contributed by atoms with Crippen LogP contribution in [0.2, 0.25) is 0 Å². The molecule has 120 valence electrons. The molecule has 3 rings (SSSR count). The molecule has 1 N–H and O–H groups in total. The summed E-state index contributed by atoms with van der Waals surface area (Å²) in [6.45, 7) is 1.56. The Morgan fingerprint density at radius 2 is 2.22 bits per heavy atom. The zero-order valence-electron chi connectivity index (χ0n) is 12.6. The summed E-state index contributed by atoms with van der Waals surface area (Å²) in [6.07, 6.45) is 10.1. The number of nitrogens with one attached hydrogen (secondary N) is 1. The quantitative estimate of drug-likeness (QED) is 0.646. The van der Waals surface area contributed by atoms with E-state index in [0.717, 1.165) is 25.8 Å². The summed E-state index contributed by atoms with van der Waals surface area (Å²) in [5, 5.41) is 6.60. The summed E-state index contributed by atoms with van der Waals surface area (Å²) >= 11 is 0. The number of nitrogens with zero attached hydrogens (tertiary/aromatic N) is 3. The Morgan fingerprint density at radius 1 is 1.26 bits per heavy atom. The Balaban J connectivity index is 1.36. The van der Waals surface area contributed by atoms with Gasteiger partial charge in [0, 0.05) is 31.5 Å². The smallest absolute Gasteiger partial charge is 0.273 e. The SMILES string of the molecule is O=C(NCCCCCn1ccnc1)c1cc(-c2ccco2)on1. The highest BCUT2D eigenvalue weighted by atomic mass is 16.5. The standard InChI is InChI=1S/C16H18N4O3/c21-16(13-11-15(23-19-13)14-5-4-10-22-14)18-6-2-1-3-8-20-9-7-17-12-20/h4-5,7,9-12H,1-3,6,8H2,(H,18,21). The molecule has 0 radical (unpaired) electrons. The lowest BCUT2D eigenvalue weighted by Gasteiger charge is -2.03. The molecule has 0 bridgehead atoms. The van der Waals surface area contributed by atoms with Crippen LogP contribution in [0.25, 0.3) is 11.5 Å². The number of hydrogen-bond acceptors (Lipinski definition) is 5. The van der Waals surface area contributed by atoms with Crippen molar-refractivity contribution in [3.63, 3.8) is 0 Å². The first-order valence-corrected chi connectivity index (χ1v) is 7.57. The topological polar surface area (TPSA) is 86.1 Å². The molecule has 1 amide bonds. The normalized spacial score (nSPS) is 10.8. The Bertz CT molecular complexity index is 716. The van der Waals surface area contributed by atoms with Crippen molar-refractivity contribution in [2.45, 2.75) is 25.8 Å². The molecule has 23 heavy (non-hydrogen) atoms. The van der Waals surface area contributed by atoms with Gasteiger partial charge in [-0.05, 0) is 31.4 Å². The van der Waals surface area contributed by atoms with Crippen LogP contribution in [0.4, 0.5) is 0 Å². The Hall–Kier alpha value is -2.83. The molecular weight excluding hydrogens is 296 g/mol. The molecule has 0 aliphatic carbocycles. The molecule has 0 aliphatic rings. The number of rotatable bonds is 8. The van der Waals surface area contributed by atoms with Gasteiger partial charge in [-0.2, -0.15) is 0 Å². The van der Waals surface area contributed by atoms with Gasteiger partial charge in [0.2, 0.25) is 5.76 Å². The van der Waals surface area contributed by atoms with E-state index in [1.54, 1.807) is 30.7 Å². The van der Waals surface area contributed by atoms with Gasteiger partial charge in [-0.25, -0.2) is 4.98 Å². The van der Waals surface area contributed by atoms with Crippen molar-refractivity contribution in [1.82, 2.24) is 20.0 Å². The second kappa shape index (κ2) is 7.44. The number of aryl methyl sites for hydroxylation is 1. The van der Waals surface area contributed by atoms with E-state index in [4.69, 9.17) is 8.94 Å². The van der Waals surface area contributed by atoms with Crippen LogP contribution in [0.15, 0.2) is 52.1 Å². The summed E-state index contributed by atoms with van der Waals surface area (Å²) in [6, 6.07) is 5.08. The zero-order chi connectivity index (χ0) is 15.9. The van der Waals surface area contributed by atoms with Crippen molar-refractivity contribution in [2.24, 2.45) is 0 Å². The van der Waals surface area contributed by atoms with Gasteiger partial charge in [0.1, 0.15) is 0 Å². The summed E-state index contributed by atoms with van der Waals surface area (Å²) in [5.74, 6) is 0.762. The highest BCUT2D eigenvalue weighted by Gasteiger charge is 2.14. The van der Waals surface area contributed by atoms with E-state index in [-0.39, 0.29) is 11.6 Å². The number of imidazole rings is 1. The van der Waals surface area contributed by atoms with Gasteiger partial charge in [0.05, 0.1) is 12.6 Å². The summed E-state index contributed by atoms with van der Waals surface area (Å²) in [4.78, 5) is 16.0. The fourth-order valence-corrected chi connectivity index (χ4v) is 2.22. The van der Waals surface area contributed by atoms with Crippen LogP contribution >= 0.6 is 0 Å². The highest BCUT2D eigenvalue weighted by molar-refractivity contribution is 5.92. The van der Waals surface area contributed by atoms with Gasteiger partial charge in [0.25, 0.3) is 5.91 Å². The third-order valence-corrected chi connectivity index (χ3v) is 3.44. The van der Waals surface area contributed by atoms with Gasteiger partial charge in [0.15, 0.2) is 11.5 Å². The second-order valence-electron chi connectivity index (χ2n) is 5.17. The minimum absolute atomic E-state index is 0.235. The Kier molecular flexibility index (Phi) is 4.88. The minimum atomic E-state index is -0.235. The molecule has 0 aromatic carbocycles. The molecule has 7 heteroatoms. The molecule has 0 fully saturated rings. The first-order chi connectivity index (χ1) is 11.3. The van der Waals surface area contributed by atoms with Gasteiger partial charge in [-0.3, -0.25) is 4.79 Å². The van der Waals surface area contributed by atoms with Gasteiger partial charge < -0.3 is 18.8 Å². The fraction of sp³-hybridized carbons (Fsp3) is 0.312. The lowest BCUT2D eigenvalue weighted by Crippen LogP contribution is -2.24. The molecule has 0 atom stereocenters. The van der Waals surface area contributed by atoms with Gasteiger partial charge in [-0.1, -0.05) is 5.16 Å². The maximum Gasteiger partial charge on any atom is 0.273 e. The predicted molar refractivity (Wildman–Crippen MR) is 82.6 cm³/mol. The van der Waals surface area contributed by atoms with Crippen LogP contribution in [0.3, 0.4) is 0 Å². The highest BCUT2D eigenvalue weighted by Crippen LogP contribution is 2.20. The summed E-state index contributed by atoms with van der Waals surface area (Å²) in [7, 11) is 0. The van der Waals surface area contributed by atoms with E-state index in [1.807, 2.05) is 17.1 Å². The summed E-state index contributed by atoms with van der Waals surface area (Å²) < 4.78 is 12.3. The number of unbranched alkanes of at least 4 members (excludes halogenated alkanes) is 2. The van der Waals surface area contributed by atoms with Crippen LogP contribution in [-0.2, 0) is 6.54 Å². The van der Waals surface area contributed by atoms with E-state index in [2.05, 4.69) is 15.5 Å². The van der Waals surface area contributed by atoms with E-state index >= 15 is 0 Å². The number of aromatic nitrogens is 3. The van der Waals surface area contributed by atoms with Crippen molar-refractivity contribution >= 4 is 5.91 Å². The van der Waals surface area contributed by atoms with E-state index in [0.29, 0.717) is 18.1 Å². The molecular formula is C16H18N4O3. The van der Waals surface area contributed by atoms with Crippen LogP contribution in [0, 0.1) is 0 Å². The molecule has 3 heterocycles. The molecule has 3 aromatic rings. The lowest BCUT2D eigenvalue weighted by atomic mass is 10.2. The number of hydrogen-bond donors (Lipinski definition) is 1. The third kappa shape index (κ3) is 4.09. The Labute approximate surface area is 133 Å². The van der Waals surface area contributed by atoms with E-state index < -0.39 is 0 Å². The predicted octanol–water partition coefficient (Wildman–Crippen LogP) is 2.73. The second-order valence-corrected chi connectivity index (χ2v) is 5.17. The lowest BCUT2D eigenvalue weighted by molar-refractivity contribution is 0.0944. The van der Waals surface area contributed by atoms with Crippen LogP contribution in [0.1, 0.15) is 29.8 Å². The first-order valence-electron chi connectivity index (χ1n) is 7.57. The molecule has 7 nitrogen and oxygen atoms in total. The molecule has 3 aromatic heterocycles. The van der Waals surface area contributed by atoms with Crippen molar-refractivity contribution < 1.29 is 13.7 Å². The van der Waals surface area contributed by atoms with Crippen LogP contribution in [0.5, 0.6) is 0 Å². The van der Waals surface area contributed by atoms with Crippen molar-refractivity contribution in [1.29, 1.82) is 0 Å². The van der Waals surface area contributed by atoms with Crippen molar-refractivity contribution in [3.05, 3.63) is 48.9 Å². The molecule has 0 saturated heterocycles. The number of furan rings is 1. The average molecular weight is 314 g/mol. The number of carbonyl (C=O) groups excluding carboxylic acids is 1. The number of carbonyl (C=O) groups is 1. The maximum atomic E-state index is 12.0. The molecule has 0 aliphatic heterocycles. The maximum absolute atomic E-state index is 12.0. The van der Waals surface area contributed by atoms with E-state index in [9.17, 15) is 4.79 Å². The van der Waals surface area contributed by atoms with Crippen molar-refractivity contribution in [2.75, 3.05) is 6.54 Å². The summed E-state index contributed by atoms with van der Waals surface area (Å²) in [5.41, 5.74) is 0.259. The number of amides is 1. The van der Waals surface area contributed by atoms with Gasteiger partial charge >= 0.3 is 0 Å². The Morgan fingerprint density at radius 3 is 3.00 bits per heavy atom. The molecule has 0 unspecified atom stereocenters.